The molecule has 82 valence electrons. The monoisotopic (exact) mass is 210 g/mol. The highest BCUT2D eigenvalue weighted by Gasteiger charge is 2.47. The van der Waals surface area contributed by atoms with E-state index in [0.717, 1.165) is 12.1 Å². The van der Waals surface area contributed by atoms with Crippen molar-refractivity contribution >= 4 is 5.69 Å². The van der Waals surface area contributed by atoms with Crippen LogP contribution in [0.1, 0.15) is 20.3 Å². The van der Waals surface area contributed by atoms with Crippen molar-refractivity contribution in [1.82, 2.24) is 4.98 Å². The first-order valence-corrected chi connectivity index (χ1v) is 5.06. The normalized spacial score (nSPS) is 28.3. The van der Waals surface area contributed by atoms with E-state index in [1.807, 2.05) is 13.8 Å². The molecule has 1 aliphatic carbocycles. The molecule has 2 atom stereocenters. The standard InChI is InChI=1S/C11H15FN2O/c1-11(2)8(5-9(11)15)14-7-3-4-10(12)13-6-7/h3-4,6,8-9,14-15H,5H2,1-2H3. The lowest BCUT2D eigenvalue weighted by molar-refractivity contribution is -0.0510. The van der Waals surface area contributed by atoms with Gasteiger partial charge in [0.1, 0.15) is 0 Å². The molecule has 1 aromatic heterocycles. The Morgan fingerprint density at radius 2 is 2.27 bits per heavy atom. The molecule has 0 spiro atoms. The highest BCUT2D eigenvalue weighted by atomic mass is 19.1. The van der Waals surface area contributed by atoms with Gasteiger partial charge in [-0.05, 0) is 18.6 Å². The molecule has 1 saturated carbocycles. The van der Waals surface area contributed by atoms with E-state index in [0.29, 0.717) is 0 Å². The third-order valence-corrected chi connectivity index (χ3v) is 3.28. The van der Waals surface area contributed by atoms with E-state index in [9.17, 15) is 9.50 Å². The molecule has 0 bridgehead atoms. The molecule has 1 aromatic rings. The van der Waals surface area contributed by atoms with Gasteiger partial charge in [0.05, 0.1) is 18.0 Å². The van der Waals surface area contributed by atoms with Crippen LogP contribution in [0.3, 0.4) is 0 Å². The van der Waals surface area contributed by atoms with Gasteiger partial charge >= 0.3 is 0 Å². The number of pyridine rings is 1. The van der Waals surface area contributed by atoms with Crippen LogP contribution in [0.2, 0.25) is 0 Å². The van der Waals surface area contributed by atoms with Crippen molar-refractivity contribution in [3.63, 3.8) is 0 Å². The zero-order valence-electron chi connectivity index (χ0n) is 8.87. The Morgan fingerprint density at radius 3 is 2.73 bits per heavy atom. The summed E-state index contributed by atoms with van der Waals surface area (Å²) in [6, 6.07) is 3.20. The predicted octanol–water partition coefficient (Wildman–Crippen LogP) is 1.79. The molecule has 1 heterocycles. The zero-order valence-corrected chi connectivity index (χ0v) is 8.87. The Balaban J connectivity index is 2.02. The van der Waals surface area contributed by atoms with Crippen molar-refractivity contribution in [3.05, 3.63) is 24.3 Å². The summed E-state index contributed by atoms with van der Waals surface area (Å²) >= 11 is 0. The van der Waals surface area contributed by atoms with Gasteiger partial charge in [-0.1, -0.05) is 13.8 Å². The van der Waals surface area contributed by atoms with Gasteiger partial charge in [-0.15, -0.1) is 0 Å². The SMILES string of the molecule is CC1(C)C(O)CC1Nc1ccc(F)nc1. The van der Waals surface area contributed by atoms with E-state index < -0.39 is 5.95 Å². The van der Waals surface area contributed by atoms with Crippen molar-refractivity contribution in [1.29, 1.82) is 0 Å². The topological polar surface area (TPSA) is 45.1 Å². The smallest absolute Gasteiger partial charge is 0.212 e. The van der Waals surface area contributed by atoms with E-state index in [4.69, 9.17) is 0 Å². The third-order valence-electron chi connectivity index (χ3n) is 3.28. The molecule has 0 saturated heterocycles. The number of hydrogen-bond donors (Lipinski definition) is 2. The Labute approximate surface area is 88.3 Å². The second-order valence-corrected chi connectivity index (χ2v) is 4.64. The minimum atomic E-state index is -0.478. The summed E-state index contributed by atoms with van der Waals surface area (Å²) in [4.78, 5) is 3.57. The first-order chi connectivity index (χ1) is 7.00. The molecule has 1 aliphatic rings. The summed E-state index contributed by atoms with van der Waals surface area (Å²) in [6.07, 6.45) is 1.93. The molecular weight excluding hydrogens is 195 g/mol. The van der Waals surface area contributed by atoms with Crippen molar-refractivity contribution in [2.75, 3.05) is 5.32 Å². The predicted molar refractivity (Wildman–Crippen MR) is 56.0 cm³/mol. The number of aliphatic hydroxyl groups excluding tert-OH is 1. The minimum Gasteiger partial charge on any atom is -0.392 e. The van der Waals surface area contributed by atoms with Crippen LogP contribution in [0.15, 0.2) is 18.3 Å². The van der Waals surface area contributed by atoms with Gasteiger partial charge in [-0.25, -0.2) is 4.98 Å². The maximum absolute atomic E-state index is 12.6. The van der Waals surface area contributed by atoms with Crippen molar-refractivity contribution < 1.29 is 9.50 Å². The van der Waals surface area contributed by atoms with Crippen LogP contribution in [-0.2, 0) is 0 Å². The summed E-state index contributed by atoms with van der Waals surface area (Å²) in [5.74, 6) is -0.478. The molecular formula is C11H15FN2O. The van der Waals surface area contributed by atoms with E-state index in [1.165, 1.54) is 12.3 Å². The summed E-state index contributed by atoms with van der Waals surface area (Å²) in [7, 11) is 0. The van der Waals surface area contributed by atoms with Gasteiger partial charge in [-0.2, -0.15) is 4.39 Å². The number of anilines is 1. The van der Waals surface area contributed by atoms with E-state index in [-0.39, 0.29) is 17.6 Å². The van der Waals surface area contributed by atoms with Gasteiger partial charge in [0.2, 0.25) is 5.95 Å². The third kappa shape index (κ3) is 1.81. The van der Waals surface area contributed by atoms with Gasteiger partial charge in [0, 0.05) is 11.5 Å². The largest absolute Gasteiger partial charge is 0.392 e. The molecule has 0 radical (unpaired) electrons. The highest BCUT2D eigenvalue weighted by molar-refractivity contribution is 5.42. The fourth-order valence-corrected chi connectivity index (χ4v) is 1.81. The molecule has 1 fully saturated rings. The number of aliphatic hydroxyl groups is 1. The molecule has 15 heavy (non-hydrogen) atoms. The summed E-state index contributed by atoms with van der Waals surface area (Å²) in [5, 5.41) is 12.8. The van der Waals surface area contributed by atoms with Crippen molar-refractivity contribution in [2.45, 2.75) is 32.4 Å². The van der Waals surface area contributed by atoms with Crippen LogP contribution in [0.4, 0.5) is 10.1 Å². The molecule has 4 heteroatoms. The molecule has 2 unspecified atom stereocenters. The van der Waals surface area contributed by atoms with Gasteiger partial charge in [-0.3, -0.25) is 0 Å². The maximum Gasteiger partial charge on any atom is 0.212 e. The van der Waals surface area contributed by atoms with E-state index >= 15 is 0 Å². The average molecular weight is 210 g/mol. The van der Waals surface area contributed by atoms with Crippen LogP contribution in [0.25, 0.3) is 0 Å². The fourth-order valence-electron chi connectivity index (χ4n) is 1.81. The van der Waals surface area contributed by atoms with E-state index in [2.05, 4.69) is 10.3 Å². The Kier molecular flexibility index (Phi) is 2.38. The highest BCUT2D eigenvalue weighted by Crippen LogP contribution is 2.42. The van der Waals surface area contributed by atoms with Crippen molar-refractivity contribution in [2.24, 2.45) is 5.41 Å². The van der Waals surface area contributed by atoms with Crippen LogP contribution in [0.5, 0.6) is 0 Å². The summed E-state index contributed by atoms with van der Waals surface area (Å²) in [5.41, 5.74) is 0.662. The van der Waals surface area contributed by atoms with Crippen LogP contribution < -0.4 is 5.32 Å². The quantitative estimate of drug-likeness (QED) is 0.731. The average Bonchev–Trinajstić information content (AvgIpc) is 2.21. The molecule has 2 N–H and O–H groups in total. The van der Waals surface area contributed by atoms with Crippen LogP contribution >= 0.6 is 0 Å². The van der Waals surface area contributed by atoms with Gasteiger partial charge in [0.25, 0.3) is 0 Å². The first-order valence-electron chi connectivity index (χ1n) is 5.06. The molecule has 0 aromatic carbocycles. The molecule has 3 nitrogen and oxygen atoms in total. The number of halogens is 1. The Morgan fingerprint density at radius 1 is 1.53 bits per heavy atom. The maximum atomic E-state index is 12.6. The van der Waals surface area contributed by atoms with Gasteiger partial charge < -0.3 is 10.4 Å². The lowest BCUT2D eigenvalue weighted by Crippen LogP contribution is -2.56. The summed E-state index contributed by atoms with van der Waals surface area (Å²) in [6.45, 7) is 4.02. The second-order valence-electron chi connectivity index (χ2n) is 4.64. The Hall–Kier alpha value is -1.16. The van der Waals surface area contributed by atoms with Gasteiger partial charge in [0.15, 0.2) is 0 Å². The number of rotatable bonds is 2. The second kappa shape index (κ2) is 3.45. The number of hydrogen-bond acceptors (Lipinski definition) is 3. The number of aromatic nitrogens is 1. The Bertz CT molecular complexity index is 350. The molecule has 2 rings (SSSR count). The lowest BCUT2D eigenvalue weighted by atomic mass is 9.64. The zero-order chi connectivity index (χ0) is 11.1. The molecule has 0 aliphatic heterocycles. The summed E-state index contributed by atoms with van der Waals surface area (Å²) < 4.78 is 12.6. The number of nitrogens with one attached hydrogen (secondary N) is 1. The fraction of sp³-hybridized carbons (Fsp3) is 0.545. The first kappa shape index (κ1) is 10.4. The molecule has 0 amide bonds. The van der Waals surface area contributed by atoms with Crippen LogP contribution in [-0.4, -0.2) is 22.2 Å². The lowest BCUT2D eigenvalue weighted by Gasteiger charge is -2.49. The van der Waals surface area contributed by atoms with Crippen LogP contribution in [0, 0.1) is 11.4 Å². The van der Waals surface area contributed by atoms with E-state index in [1.54, 1.807) is 6.07 Å². The van der Waals surface area contributed by atoms with Crippen molar-refractivity contribution in [3.8, 4) is 0 Å². The minimum absolute atomic E-state index is 0.131. The number of nitrogens with zero attached hydrogens (tertiary/aromatic N) is 1.